The summed E-state index contributed by atoms with van der Waals surface area (Å²) >= 11 is 0. The second-order valence-corrected chi connectivity index (χ2v) is 9.42. The lowest BCUT2D eigenvalue weighted by Crippen LogP contribution is -2.40. The minimum Gasteiger partial charge on any atom is -0.358 e. The number of sulfone groups is 1. The van der Waals surface area contributed by atoms with E-state index in [0.29, 0.717) is 17.3 Å². The van der Waals surface area contributed by atoms with Crippen molar-refractivity contribution in [1.82, 2.24) is 9.88 Å². The molecule has 0 unspecified atom stereocenters. The molecule has 0 spiro atoms. The van der Waals surface area contributed by atoms with E-state index in [1.54, 1.807) is 12.1 Å². The molecule has 1 aromatic heterocycles. The Kier molecular flexibility index (Phi) is 4.10. The van der Waals surface area contributed by atoms with Crippen molar-refractivity contribution in [1.29, 1.82) is 0 Å². The summed E-state index contributed by atoms with van der Waals surface area (Å²) in [5.74, 6) is 0.491. The molecule has 1 fully saturated rings. The second kappa shape index (κ2) is 6.16. The van der Waals surface area contributed by atoms with Crippen LogP contribution >= 0.6 is 0 Å². The van der Waals surface area contributed by atoms with Crippen molar-refractivity contribution >= 4 is 26.6 Å². The molecule has 1 saturated carbocycles. The number of carbonyl (C=O) groups is 1. The van der Waals surface area contributed by atoms with Gasteiger partial charge in [0.15, 0.2) is 9.84 Å². The number of aromatic nitrogens is 1. The van der Waals surface area contributed by atoms with Crippen molar-refractivity contribution in [2.75, 3.05) is 12.8 Å². The van der Waals surface area contributed by atoms with Gasteiger partial charge in [0, 0.05) is 53.8 Å². The summed E-state index contributed by atoms with van der Waals surface area (Å²) in [4.78, 5) is 18.5. The zero-order valence-corrected chi connectivity index (χ0v) is 15.4. The third-order valence-electron chi connectivity index (χ3n) is 5.64. The van der Waals surface area contributed by atoms with Crippen molar-refractivity contribution in [3.05, 3.63) is 29.5 Å². The van der Waals surface area contributed by atoms with Crippen molar-refractivity contribution < 1.29 is 13.2 Å². The van der Waals surface area contributed by atoms with Gasteiger partial charge in [-0.3, -0.25) is 4.79 Å². The summed E-state index contributed by atoms with van der Waals surface area (Å²) in [6.07, 6.45) is 7.65. The normalized spacial score (nSPS) is 19.2. The minimum absolute atomic E-state index is 0.192. The molecular formula is C19H24N2O3S. The zero-order valence-electron chi connectivity index (χ0n) is 14.5. The van der Waals surface area contributed by atoms with Crippen LogP contribution in [0.2, 0.25) is 0 Å². The molecule has 5 nitrogen and oxygen atoms in total. The highest BCUT2D eigenvalue weighted by atomic mass is 32.2. The van der Waals surface area contributed by atoms with Gasteiger partial charge < -0.3 is 9.88 Å². The van der Waals surface area contributed by atoms with Crippen LogP contribution in [0.1, 0.15) is 43.4 Å². The summed E-state index contributed by atoms with van der Waals surface area (Å²) in [6.45, 7) is 1.37. The maximum Gasteiger partial charge on any atom is 0.225 e. The molecule has 4 rings (SSSR count). The van der Waals surface area contributed by atoms with E-state index in [4.69, 9.17) is 0 Å². The zero-order chi connectivity index (χ0) is 17.6. The molecule has 134 valence electrons. The van der Waals surface area contributed by atoms with Gasteiger partial charge >= 0.3 is 0 Å². The molecule has 6 heteroatoms. The Labute approximate surface area is 148 Å². The van der Waals surface area contributed by atoms with Crippen LogP contribution in [0.4, 0.5) is 0 Å². The third-order valence-corrected chi connectivity index (χ3v) is 6.75. The van der Waals surface area contributed by atoms with Crippen LogP contribution in [0, 0.1) is 5.92 Å². The van der Waals surface area contributed by atoms with E-state index in [2.05, 4.69) is 4.98 Å². The fourth-order valence-electron chi connectivity index (χ4n) is 4.23. The summed E-state index contributed by atoms with van der Waals surface area (Å²) < 4.78 is 23.5. The van der Waals surface area contributed by atoms with E-state index in [1.807, 2.05) is 11.0 Å². The van der Waals surface area contributed by atoms with Gasteiger partial charge in [-0.05, 0) is 25.0 Å². The van der Waals surface area contributed by atoms with Crippen LogP contribution in [0.15, 0.2) is 23.1 Å². The van der Waals surface area contributed by atoms with Crippen LogP contribution in [-0.2, 0) is 27.6 Å². The maximum atomic E-state index is 12.8. The fourth-order valence-corrected chi connectivity index (χ4v) is 4.87. The number of H-pyrrole nitrogens is 1. The Balaban J connectivity index is 1.63. The van der Waals surface area contributed by atoms with Gasteiger partial charge in [-0.25, -0.2) is 8.42 Å². The smallest absolute Gasteiger partial charge is 0.225 e. The number of amides is 1. The maximum absolute atomic E-state index is 12.8. The van der Waals surface area contributed by atoms with Crippen LogP contribution < -0.4 is 0 Å². The minimum atomic E-state index is -3.22. The molecule has 2 aliphatic rings. The van der Waals surface area contributed by atoms with E-state index in [0.717, 1.165) is 60.8 Å². The van der Waals surface area contributed by atoms with E-state index < -0.39 is 9.84 Å². The average molecular weight is 360 g/mol. The number of rotatable bonds is 2. The number of fused-ring (bicyclic) bond motifs is 3. The molecule has 1 N–H and O–H groups in total. The van der Waals surface area contributed by atoms with E-state index >= 15 is 0 Å². The lowest BCUT2D eigenvalue weighted by Gasteiger charge is -2.32. The molecule has 1 amide bonds. The molecule has 0 radical (unpaired) electrons. The summed E-state index contributed by atoms with van der Waals surface area (Å²) in [6, 6.07) is 5.24. The van der Waals surface area contributed by atoms with Gasteiger partial charge in [0.1, 0.15) is 0 Å². The first-order valence-electron chi connectivity index (χ1n) is 9.06. The predicted molar refractivity (Wildman–Crippen MR) is 97.1 cm³/mol. The highest BCUT2D eigenvalue weighted by Crippen LogP contribution is 2.32. The standard InChI is InChI=1S/C19H24N2O3S/c1-25(23,24)14-7-8-15-16-12-21(10-9-17(16)20-18(15)11-14)19(22)13-5-3-2-4-6-13/h7-8,11,13,20H,2-6,9-10,12H2,1H3. The van der Waals surface area contributed by atoms with Crippen molar-refractivity contribution in [2.45, 2.75) is 50.0 Å². The largest absolute Gasteiger partial charge is 0.358 e. The third kappa shape index (κ3) is 3.08. The monoisotopic (exact) mass is 360 g/mol. The summed E-state index contributed by atoms with van der Waals surface area (Å²) in [5.41, 5.74) is 3.12. The molecular weight excluding hydrogens is 336 g/mol. The number of nitrogens with one attached hydrogen (secondary N) is 1. The van der Waals surface area contributed by atoms with Crippen LogP contribution in [0.3, 0.4) is 0 Å². The van der Waals surface area contributed by atoms with Gasteiger partial charge in [-0.15, -0.1) is 0 Å². The molecule has 0 saturated heterocycles. The Hall–Kier alpha value is -1.82. The Morgan fingerprint density at radius 2 is 1.96 bits per heavy atom. The molecule has 1 aromatic carbocycles. The quantitative estimate of drug-likeness (QED) is 0.895. The van der Waals surface area contributed by atoms with Crippen molar-refractivity contribution in [3.8, 4) is 0 Å². The predicted octanol–water partition coefficient (Wildman–Crippen LogP) is 3.04. The molecule has 25 heavy (non-hydrogen) atoms. The lowest BCUT2D eigenvalue weighted by molar-refractivity contribution is -0.137. The number of aromatic amines is 1. The van der Waals surface area contributed by atoms with Gasteiger partial charge in [-0.1, -0.05) is 25.3 Å². The lowest BCUT2D eigenvalue weighted by atomic mass is 9.87. The first-order valence-corrected chi connectivity index (χ1v) is 10.9. The van der Waals surface area contributed by atoms with E-state index in [1.165, 1.54) is 12.7 Å². The van der Waals surface area contributed by atoms with Crippen LogP contribution in [-0.4, -0.2) is 37.0 Å². The Bertz CT molecular complexity index is 924. The topological polar surface area (TPSA) is 70.2 Å². The number of hydrogen-bond acceptors (Lipinski definition) is 3. The van der Waals surface area contributed by atoms with Crippen molar-refractivity contribution in [3.63, 3.8) is 0 Å². The second-order valence-electron chi connectivity index (χ2n) is 7.41. The molecule has 0 bridgehead atoms. The average Bonchev–Trinajstić information content (AvgIpc) is 2.98. The van der Waals surface area contributed by atoms with Crippen LogP contribution in [0.25, 0.3) is 10.9 Å². The fraction of sp³-hybridized carbons (Fsp3) is 0.526. The first kappa shape index (κ1) is 16.6. The Morgan fingerprint density at radius 3 is 2.68 bits per heavy atom. The van der Waals surface area contributed by atoms with Crippen molar-refractivity contribution in [2.24, 2.45) is 5.92 Å². The van der Waals surface area contributed by atoms with E-state index in [9.17, 15) is 13.2 Å². The van der Waals surface area contributed by atoms with E-state index in [-0.39, 0.29) is 5.92 Å². The Morgan fingerprint density at radius 1 is 1.20 bits per heavy atom. The SMILES string of the molecule is CS(=O)(=O)c1ccc2c3c([nH]c2c1)CCN(C(=O)C1CCCCC1)C3. The van der Waals surface area contributed by atoms with Gasteiger partial charge in [0.2, 0.25) is 5.91 Å². The van der Waals surface area contributed by atoms with Gasteiger partial charge in [0.05, 0.1) is 4.90 Å². The first-order chi connectivity index (χ1) is 11.9. The molecule has 1 aliphatic carbocycles. The number of carbonyl (C=O) groups excluding carboxylic acids is 1. The molecule has 0 atom stereocenters. The summed E-state index contributed by atoms with van der Waals surface area (Å²) in [7, 11) is -3.22. The number of nitrogens with zero attached hydrogens (tertiary/aromatic N) is 1. The van der Waals surface area contributed by atoms with Gasteiger partial charge in [-0.2, -0.15) is 0 Å². The summed E-state index contributed by atoms with van der Waals surface area (Å²) in [5, 5.41) is 1.03. The molecule has 1 aliphatic heterocycles. The highest BCUT2D eigenvalue weighted by molar-refractivity contribution is 7.90. The molecule has 2 heterocycles. The highest BCUT2D eigenvalue weighted by Gasteiger charge is 2.29. The molecule has 2 aromatic rings. The van der Waals surface area contributed by atoms with Crippen LogP contribution in [0.5, 0.6) is 0 Å². The number of benzene rings is 1. The number of hydrogen-bond donors (Lipinski definition) is 1. The van der Waals surface area contributed by atoms with Gasteiger partial charge in [0.25, 0.3) is 0 Å².